The van der Waals surface area contributed by atoms with Crippen LogP contribution in [-0.4, -0.2) is 12.1 Å². The van der Waals surface area contributed by atoms with E-state index in [0.29, 0.717) is 12.1 Å². The minimum Gasteiger partial charge on any atom is -0.497 e. The van der Waals surface area contributed by atoms with Gasteiger partial charge in [-0.25, -0.2) is 4.98 Å². The van der Waals surface area contributed by atoms with Crippen LogP contribution >= 0.6 is 11.3 Å². The smallest absolute Gasteiger partial charge is 0.118 e. The van der Waals surface area contributed by atoms with Crippen molar-refractivity contribution < 1.29 is 4.74 Å². The molecule has 2 rings (SSSR count). The zero-order valence-electron chi connectivity index (χ0n) is 11.8. The molecule has 0 bridgehead atoms. The summed E-state index contributed by atoms with van der Waals surface area (Å²) in [5.41, 5.74) is 4.28. The Hall–Kier alpha value is -1.39. The number of rotatable bonds is 5. The van der Waals surface area contributed by atoms with Gasteiger partial charge < -0.3 is 10.1 Å². The summed E-state index contributed by atoms with van der Waals surface area (Å²) in [6, 6.07) is 8.80. The van der Waals surface area contributed by atoms with E-state index in [1.165, 1.54) is 10.4 Å². The van der Waals surface area contributed by atoms with E-state index < -0.39 is 0 Å². The summed E-state index contributed by atoms with van der Waals surface area (Å²) in [7, 11) is 1.69. The average molecular weight is 276 g/mol. The largest absolute Gasteiger partial charge is 0.497 e. The second kappa shape index (κ2) is 6.17. The molecule has 2 atom stereocenters. The van der Waals surface area contributed by atoms with Gasteiger partial charge in [-0.1, -0.05) is 12.1 Å². The third kappa shape index (κ3) is 3.33. The number of hydrogen-bond acceptors (Lipinski definition) is 4. The van der Waals surface area contributed by atoms with E-state index in [4.69, 9.17) is 4.74 Å². The predicted molar refractivity (Wildman–Crippen MR) is 79.8 cm³/mol. The molecule has 4 heteroatoms. The fourth-order valence-corrected chi connectivity index (χ4v) is 2.99. The number of nitrogens with zero attached hydrogens (tertiary/aromatic N) is 1. The van der Waals surface area contributed by atoms with Crippen molar-refractivity contribution in [1.82, 2.24) is 10.3 Å². The number of aromatic nitrogens is 1. The molecule has 0 aliphatic carbocycles. The van der Waals surface area contributed by atoms with Crippen LogP contribution < -0.4 is 10.1 Å². The number of benzene rings is 1. The Morgan fingerprint density at radius 3 is 2.37 bits per heavy atom. The van der Waals surface area contributed by atoms with E-state index in [-0.39, 0.29) is 0 Å². The molecule has 1 aromatic carbocycles. The fourth-order valence-electron chi connectivity index (χ4n) is 2.17. The summed E-state index contributed by atoms with van der Waals surface area (Å²) in [5, 5.41) is 3.61. The van der Waals surface area contributed by atoms with Crippen LogP contribution in [0.15, 0.2) is 29.8 Å². The highest BCUT2D eigenvalue weighted by Gasteiger charge is 2.14. The lowest BCUT2D eigenvalue weighted by Gasteiger charge is -2.20. The molecule has 2 aromatic rings. The Balaban J connectivity index is 2.04. The molecule has 1 unspecified atom stereocenters. The summed E-state index contributed by atoms with van der Waals surface area (Å²) in [5.74, 6) is 0.891. The highest BCUT2D eigenvalue weighted by molar-refractivity contribution is 7.09. The van der Waals surface area contributed by atoms with Crippen LogP contribution in [0.5, 0.6) is 5.75 Å². The second-order valence-electron chi connectivity index (χ2n) is 4.69. The molecule has 0 fully saturated rings. The Labute approximate surface area is 118 Å². The van der Waals surface area contributed by atoms with E-state index in [1.54, 1.807) is 18.4 Å². The molecule has 3 nitrogen and oxygen atoms in total. The molecule has 0 radical (unpaired) electrons. The predicted octanol–water partition coefficient (Wildman–Crippen LogP) is 3.87. The van der Waals surface area contributed by atoms with Gasteiger partial charge in [-0.15, -0.1) is 11.3 Å². The zero-order valence-corrected chi connectivity index (χ0v) is 12.6. The molecule has 19 heavy (non-hydrogen) atoms. The van der Waals surface area contributed by atoms with Crippen molar-refractivity contribution >= 4 is 11.3 Å². The molecule has 1 N–H and O–H groups in total. The number of nitrogens with one attached hydrogen (secondary N) is 1. The van der Waals surface area contributed by atoms with E-state index in [0.717, 1.165) is 11.4 Å². The molecule has 1 aromatic heterocycles. The lowest BCUT2D eigenvalue weighted by atomic mass is 10.1. The van der Waals surface area contributed by atoms with Crippen LogP contribution in [0, 0.1) is 6.92 Å². The molecule has 0 aliphatic heterocycles. The number of aryl methyl sites for hydroxylation is 1. The maximum atomic E-state index is 5.18. The molecule has 0 saturated heterocycles. The summed E-state index contributed by atoms with van der Waals surface area (Å²) < 4.78 is 5.18. The summed E-state index contributed by atoms with van der Waals surface area (Å²) in [4.78, 5) is 5.61. The van der Waals surface area contributed by atoms with Gasteiger partial charge in [0, 0.05) is 17.0 Å². The van der Waals surface area contributed by atoms with E-state index >= 15 is 0 Å². The molecule has 102 valence electrons. The first kappa shape index (κ1) is 14.0. The van der Waals surface area contributed by atoms with Crippen molar-refractivity contribution in [2.24, 2.45) is 0 Å². The number of hydrogen-bond donors (Lipinski definition) is 1. The third-order valence-corrected chi connectivity index (χ3v) is 4.41. The minimum atomic E-state index is 0.294. The second-order valence-corrected chi connectivity index (χ2v) is 5.57. The average Bonchev–Trinajstić information content (AvgIpc) is 2.85. The van der Waals surface area contributed by atoms with Crippen molar-refractivity contribution in [3.63, 3.8) is 0 Å². The van der Waals surface area contributed by atoms with Gasteiger partial charge in [0.05, 0.1) is 18.3 Å². The molecule has 0 amide bonds. The molecule has 0 aliphatic rings. The van der Waals surface area contributed by atoms with Crippen LogP contribution in [-0.2, 0) is 0 Å². The number of thiazole rings is 1. The van der Waals surface area contributed by atoms with Gasteiger partial charge in [-0.05, 0) is 38.5 Å². The molecule has 1 heterocycles. The normalized spacial score (nSPS) is 14.1. The highest BCUT2D eigenvalue weighted by atomic mass is 32.1. The summed E-state index contributed by atoms with van der Waals surface area (Å²) in [6.07, 6.45) is 0. The first-order valence-electron chi connectivity index (χ1n) is 6.41. The Morgan fingerprint density at radius 1 is 1.16 bits per heavy atom. The monoisotopic (exact) mass is 276 g/mol. The van der Waals surface area contributed by atoms with Crippen LogP contribution in [0.2, 0.25) is 0 Å². The van der Waals surface area contributed by atoms with E-state index in [9.17, 15) is 0 Å². The molecular formula is C15H20N2OS. The quantitative estimate of drug-likeness (QED) is 0.900. The van der Waals surface area contributed by atoms with Gasteiger partial charge in [0.1, 0.15) is 5.75 Å². The standard InChI is InChI=1S/C15H20N2OS/c1-10(13-5-7-14(18-4)8-6-13)17-12(3)15-11(2)16-9-19-15/h5-10,12,17H,1-4H3/t10-,12?/m1/s1. The van der Waals surface area contributed by atoms with Gasteiger partial charge in [0.2, 0.25) is 0 Å². The highest BCUT2D eigenvalue weighted by Crippen LogP contribution is 2.25. The maximum absolute atomic E-state index is 5.18. The maximum Gasteiger partial charge on any atom is 0.118 e. The first-order chi connectivity index (χ1) is 9.11. The fraction of sp³-hybridized carbons (Fsp3) is 0.400. The summed E-state index contributed by atoms with van der Waals surface area (Å²) >= 11 is 1.71. The van der Waals surface area contributed by atoms with Crippen LogP contribution in [0.25, 0.3) is 0 Å². The molecular weight excluding hydrogens is 256 g/mol. The van der Waals surface area contributed by atoms with Crippen molar-refractivity contribution in [1.29, 1.82) is 0 Å². The van der Waals surface area contributed by atoms with Crippen LogP contribution in [0.3, 0.4) is 0 Å². The third-order valence-electron chi connectivity index (χ3n) is 3.29. The van der Waals surface area contributed by atoms with Gasteiger partial charge >= 0.3 is 0 Å². The van der Waals surface area contributed by atoms with Crippen molar-refractivity contribution in [3.05, 3.63) is 45.9 Å². The molecule has 0 saturated carbocycles. The van der Waals surface area contributed by atoms with Crippen LogP contribution in [0.4, 0.5) is 0 Å². The Bertz CT molecular complexity index is 521. The number of methoxy groups -OCH3 is 1. The van der Waals surface area contributed by atoms with Gasteiger partial charge in [0.15, 0.2) is 0 Å². The van der Waals surface area contributed by atoms with Crippen molar-refractivity contribution in [2.45, 2.75) is 32.9 Å². The van der Waals surface area contributed by atoms with Gasteiger partial charge in [0.25, 0.3) is 0 Å². The van der Waals surface area contributed by atoms with Crippen molar-refractivity contribution in [2.75, 3.05) is 7.11 Å². The topological polar surface area (TPSA) is 34.1 Å². The Morgan fingerprint density at radius 2 is 1.84 bits per heavy atom. The van der Waals surface area contributed by atoms with Crippen molar-refractivity contribution in [3.8, 4) is 5.75 Å². The zero-order chi connectivity index (χ0) is 13.8. The lowest BCUT2D eigenvalue weighted by Crippen LogP contribution is -2.22. The van der Waals surface area contributed by atoms with Gasteiger partial charge in [-0.3, -0.25) is 0 Å². The first-order valence-corrected chi connectivity index (χ1v) is 7.29. The number of ether oxygens (including phenoxy) is 1. The SMILES string of the molecule is COc1ccc([C@@H](C)NC(C)c2scnc2C)cc1. The lowest BCUT2D eigenvalue weighted by molar-refractivity contribution is 0.414. The van der Waals surface area contributed by atoms with Crippen LogP contribution in [0.1, 0.15) is 42.1 Å². The van der Waals surface area contributed by atoms with E-state index in [2.05, 4.69) is 43.2 Å². The summed E-state index contributed by atoms with van der Waals surface area (Å²) in [6.45, 7) is 6.41. The Kier molecular flexibility index (Phi) is 4.56. The molecule has 0 spiro atoms. The van der Waals surface area contributed by atoms with E-state index in [1.807, 2.05) is 17.6 Å². The van der Waals surface area contributed by atoms with Gasteiger partial charge in [-0.2, -0.15) is 0 Å². The minimum absolute atomic E-state index is 0.294.